The Hall–Kier alpha value is -1.58. The summed E-state index contributed by atoms with van der Waals surface area (Å²) in [5.41, 5.74) is 2.20. The third kappa shape index (κ3) is 1.67. The first kappa shape index (κ1) is 9.96. The molecule has 0 amide bonds. The van der Waals surface area contributed by atoms with E-state index in [4.69, 9.17) is 4.52 Å². The quantitative estimate of drug-likeness (QED) is 0.717. The molecule has 0 unspecified atom stereocenters. The van der Waals surface area contributed by atoms with Gasteiger partial charge in [0.25, 0.3) is 0 Å². The monoisotopic (exact) mass is 205 g/mol. The van der Waals surface area contributed by atoms with Gasteiger partial charge in [0, 0.05) is 18.5 Å². The van der Waals surface area contributed by atoms with Crippen LogP contribution < -0.4 is 0 Å². The summed E-state index contributed by atoms with van der Waals surface area (Å²) in [5.74, 6) is 0.771. The maximum Gasteiger partial charge on any atom is 0.170 e. The van der Waals surface area contributed by atoms with Crippen LogP contribution >= 0.6 is 0 Å². The molecule has 15 heavy (non-hydrogen) atoms. The molecule has 0 aliphatic rings. The first-order valence-corrected chi connectivity index (χ1v) is 4.93. The standard InChI is InChI=1S/C11H15N3O/c1-11(2,3)10-8(7-12-14(10)4)9-5-6-13-15-9/h5-7H,1-4H3. The highest BCUT2D eigenvalue weighted by Crippen LogP contribution is 2.31. The van der Waals surface area contributed by atoms with Crippen LogP contribution in [-0.4, -0.2) is 14.9 Å². The number of aromatic nitrogens is 3. The van der Waals surface area contributed by atoms with Crippen LogP contribution in [0.4, 0.5) is 0 Å². The highest BCUT2D eigenvalue weighted by atomic mass is 16.5. The molecule has 2 rings (SSSR count). The lowest BCUT2D eigenvalue weighted by molar-refractivity contribution is 0.430. The molecule has 2 aromatic heterocycles. The molecule has 4 heteroatoms. The summed E-state index contributed by atoms with van der Waals surface area (Å²) >= 11 is 0. The van der Waals surface area contributed by atoms with Crippen molar-refractivity contribution < 1.29 is 4.52 Å². The molecular formula is C11H15N3O. The second-order valence-electron chi connectivity index (χ2n) is 4.66. The van der Waals surface area contributed by atoms with Gasteiger partial charge >= 0.3 is 0 Å². The summed E-state index contributed by atoms with van der Waals surface area (Å²) in [7, 11) is 1.94. The third-order valence-corrected chi connectivity index (χ3v) is 2.35. The number of rotatable bonds is 1. The number of aryl methyl sites for hydroxylation is 1. The Kier molecular flexibility index (Phi) is 2.14. The van der Waals surface area contributed by atoms with Crippen molar-refractivity contribution in [3.63, 3.8) is 0 Å². The third-order valence-electron chi connectivity index (χ3n) is 2.35. The lowest BCUT2D eigenvalue weighted by Gasteiger charge is -2.20. The minimum Gasteiger partial charge on any atom is -0.356 e. The average Bonchev–Trinajstić information content (AvgIpc) is 2.68. The second kappa shape index (κ2) is 3.22. The summed E-state index contributed by atoms with van der Waals surface area (Å²) in [6.45, 7) is 6.47. The molecule has 0 fully saturated rings. The largest absolute Gasteiger partial charge is 0.356 e. The molecule has 0 N–H and O–H groups in total. The lowest BCUT2D eigenvalue weighted by atomic mass is 9.88. The number of hydrogen-bond donors (Lipinski definition) is 0. The minimum absolute atomic E-state index is 0.0351. The normalized spacial score (nSPS) is 12.0. The molecule has 0 aromatic carbocycles. The maximum absolute atomic E-state index is 5.17. The lowest BCUT2D eigenvalue weighted by Crippen LogP contribution is -2.17. The Labute approximate surface area is 88.9 Å². The van der Waals surface area contributed by atoms with Gasteiger partial charge in [-0.2, -0.15) is 5.10 Å². The van der Waals surface area contributed by atoms with Crippen LogP contribution in [0.25, 0.3) is 11.3 Å². The Morgan fingerprint density at radius 1 is 1.33 bits per heavy atom. The topological polar surface area (TPSA) is 43.9 Å². The molecule has 2 aromatic rings. The van der Waals surface area contributed by atoms with E-state index in [1.165, 1.54) is 0 Å². The van der Waals surface area contributed by atoms with Crippen molar-refractivity contribution in [1.82, 2.24) is 14.9 Å². The van der Waals surface area contributed by atoms with Crippen molar-refractivity contribution in [2.24, 2.45) is 7.05 Å². The van der Waals surface area contributed by atoms with Gasteiger partial charge in [0.15, 0.2) is 5.76 Å². The maximum atomic E-state index is 5.17. The Bertz CT molecular complexity index is 449. The van der Waals surface area contributed by atoms with Crippen LogP contribution in [0.2, 0.25) is 0 Å². The smallest absolute Gasteiger partial charge is 0.170 e. The molecule has 0 spiro atoms. The predicted octanol–water partition coefficient (Wildman–Crippen LogP) is 2.37. The fourth-order valence-corrected chi connectivity index (χ4v) is 1.86. The summed E-state index contributed by atoms with van der Waals surface area (Å²) in [6.07, 6.45) is 3.47. The Morgan fingerprint density at radius 3 is 2.60 bits per heavy atom. The van der Waals surface area contributed by atoms with Crippen LogP contribution in [0, 0.1) is 0 Å². The SMILES string of the molecule is Cn1ncc(-c2ccno2)c1C(C)(C)C. The van der Waals surface area contributed by atoms with E-state index in [2.05, 4.69) is 31.0 Å². The van der Waals surface area contributed by atoms with Gasteiger partial charge in [0.2, 0.25) is 0 Å². The first-order chi connectivity index (χ1) is 7.00. The van der Waals surface area contributed by atoms with Crippen molar-refractivity contribution in [3.8, 4) is 11.3 Å². The molecule has 80 valence electrons. The molecular weight excluding hydrogens is 190 g/mol. The van der Waals surface area contributed by atoms with E-state index in [9.17, 15) is 0 Å². The van der Waals surface area contributed by atoms with Gasteiger partial charge in [-0.25, -0.2) is 0 Å². The highest BCUT2D eigenvalue weighted by Gasteiger charge is 2.24. The summed E-state index contributed by atoms with van der Waals surface area (Å²) in [6, 6.07) is 1.85. The Morgan fingerprint density at radius 2 is 2.07 bits per heavy atom. The zero-order valence-corrected chi connectivity index (χ0v) is 9.48. The van der Waals surface area contributed by atoms with Crippen molar-refractivity contribution in [1.29, 1.82) is 0 Å². The summed E-state index contributed by atoms with van der Waals surface area (Å²) in [5, 5.41) is 7.99. The summed E-state index contributed by atoms with van der Waals surface area (Å²) in [4.78, 5) is 0. The van der Waals surface area contributed by atoms with Crippen molar-refractivity contribution >= 4 is 0 Å². The van der Waals surface area contributed by atoms with Crippen molar-refractivity contribution in [3.05, 3.63) is 24.2 Å². The van der Waals surface area contributed by atoms with Crippen molar-refractivity contribution in [2.45, 2.75) is 26.2 Å². The van der Waals surface area contributed by atoms with Crippen LogP contribution in [0.3, 0.4) is 0 Å². The van der Waals surface area contributed by atoms with Gasteiger partial charge in [-0.3, -0.25) is 4.68 Å². The molecule has 0 bridgehead atoms. The van der Waals surface area contributed by atoms with Gasteiger partial charge in [-0.05, 0) is 0 Å². The van der Waals surface area contributed by atoms with E-state index >= 15 is 0 Å². The zero-order chi connectivity index (χ0) is 11.1. The molecule has 0 saturated carbocycles. The van der Waals surface area contributed by atoms with Crippen LogP contribution in [0.5, 0.6) is 0 Å². The molecule has 0 atom stereocenters. The van der Waals surface area contributed by atoms with Gasteiger partial charge < -0.3 is 4.52 Å². The summed E-state index contributed by atoms with van der Waals surface area (Å²) < 4.78 is 7.05. The second-order valence-corrected chi connectivity index (χ2v) is 4.66. The molecule has 4 nitrogen and oxygen atoms in total. The molecule has 0 aliphatic heterocycles. The fourth-order valence-electron chi connectivity index (χ4n) is 1.86. The van der Waals surface area contributed by atoms with Crippen LogP contribution in [-0.2, 0) is 12.5 Å². The van der Waals surface area contributed by atoms with Gasteiger partial charge in [-0.15, -0.1) is 0 Å². The zero-order valence-electron chi connectivity index (χ0n) is 9.48. The van der Waals surface area contributed by atoms with Gasteiger partial charge in [0.1, 0.15) is 0 Å². The van der Waals surface area contributed by atoms with Gasteiger partial charge in [-0.1, -0.05) is 25.9 Å². The fraction of sp³-hybridized carbons (Fsp3) is 0.455. The Balaban J connectivity index is 2.59. The van der Waals surface area contributed by atoms with E-state index in [0.29, 0.717) is 0 Å². The average molecular weight is 205 g/mol. The molecule has 2 heterocycles. The molecule has 0 aliphatic carbocycles. The van der Waals surface area contributed by atoms with Crippen LogP contribution in [0.15, 0.2) is 23.0 Å². The van der Waals surface area contributed by atoms with Crippen LogP contribution in [0.1, 0.15) is 26.5 Å². The van der Waals surface area contributed by atoms with E-state index in [1.807, 2.05) is 24.0 Å². The molecule has 0 saturated heterocycles. The number of hydrogen-bond acceptors (Lipinski definition) is 3. The van der Waals surface area contributed by atoms with E-state index in [-0.39, 0.29) is 5.41 Å². The van der Waals surface area contributed by atoms with E-state index < -0.39 is 0 Å². The van der Waals surface area contributed by atoms with E-state index in [1.54, 1.807) is 6.20 Å². The number of nitrogens with zero attached hydrogens (tertiary/aromatic N) is 3. The van der Waals surface area contributed by atoms with Gasteiger partial charge in [0.05, 0.1) is 23.7 Å². The minimum atomic E-state index is 0.0351. The molecule has 0 radical (unpaired) electrons. The highest BCUT2D eigenvalue weighted by molar-refractivity contribution is 5.60. The predicted molar refractivity (Wildman–Crippen MR) is 57.4 cm³/mol. The van der Waals surface area contributed by atoms with Crippen molar-refractivity contribution in [2.75, 3.05) is 0 Å². The van der Waals surface area contributed by atoms with E-state index in [0.717, 1.165) is 17.0 Å². The first-order valence-electron chi connectivity index (χ1n) is 4.93.